The van der Waals surface area contributed by atoms with Gasteiger partial charge in [-0.05, 0) is 6.92 Å². The zero-order valence-electron chi connectivity index (χ0n) is 12.6. The molecule has 0 spiro atoms. The number of ether oxygens (including phenoxy) is 1. The summed E-state index contributed by atoms with van der Waals surface area (Å²) in [7, 11) is 1.59. The fraction of sp³-hybridized carbons (Fsp3) is 0.643. The highest BCUT2D eigenvalue weighted by Crippen LogP contribution is 2.26. The predicted octanol–water partition coefficient (Wildman–Crippen LogP) is 1.28. The summed E-state index contributed by atoms with van der Waals surface area (Å²) in [5.74, 6) is -1.40. The lowest BCUT2D eigenvalue weighted by molar-refractivity contribution is -0.142. The van der Waals surface area contributed by atoms with Crippen LogP contribution in [-0.2, 0) is 9.53 Å². The second-order valence-electron chi connectivity index (χ2n) is 5.63. The van der Waals surface area contributed by atoms with Crippen molar-refractivity contribution in [1.29, 1.82) is 0 Å². The van der Waals surface area contributed by atoms with Gasteiger partial charge in [0.15, 0.2) is 5.76 Å². The average molecular weight is 296 g/mol. The summed E-state index contributed by atoms with van der Waals surface area (Å²) >= 11 is 0. The quantitative estimate of drug-likeness (QED) is 0.899. The smallest absolute Gasteiger partial charge is 0.311 e. The van der Waals surface area contributed by atoms with Gasteiger partial charge < -0.3 is 19.3 Å². The van der Waals surface area contributed by atoms with E-state index in [0.29, 0.717) is 17.0 Å². The van der Waals surface area contributed by atoms with Crippen LogP contribution in [0.4, 0.5) is 0 Å². The van der Waals surface area contributed by atoms with Crippen LogP contribution in [0, 0.1) is 12.8 Å². The highest BCUT2D eigenvalue weighted by Gasteiger charge is 2.40. The number of likely N-dealkylation sites (N-methyl/N-ethyl adjacent to an activating group) is 1. The highest BCUT2D eigenvalue weighted by molar-refractivity contribution is 5.96. The van der Waals surface area contributed by atoms with Gasteiger partial charge in [-0.25, -0.2) is 0 Å². The van der Waals surface area contributed by atoms with Gasteiger partial charge in [0, 0.05) is 13.0 Å². The van der Waals surface area contributed by atoms with Crippen LogP contribution >= 0.6 is 0 Å². The second-order valence-corrected chi connectivity index (χ2v) is 5.63. The Morgan fingerprint density at radius 3 is 2.62 bits per heavy atom. The van der Waals surface area contributed by atoms with Crippen molar-refractivity contribution in [1.82, 2.24) is 10.1 Å². The molecule has 1 aromatic heterocycles. The van der Waals surface area contributed by atoms with E-state index in [1.54, 1.807) is 14.0 Å². The van der Waals surface area contributed by atoms with Gasteiger partial charge in [-0.1, -0.05) is 19.0 Å². The molecular weight excluding hydrogens is 276 g/mol. The number of rotatable bonds is 4. The number of hydrogen-bond acceptors (Lipinski definition) is 5. The van der Waals surface area contributed by atoms with Gasteiger partial charge in [0.1, 0.15) is 11.5 Å². The van der Waals surface area contributed by atoms with Crippen molar-refractivity contribution in [3.05, 3.63) is 17.0 Å². The molecular formula is C14H20N2O5. The lowest BCUT2D eigenvalue weighted by Crippen LogP contribution is -2.44. The molecule has 1 fully saturated rings. The summed E-state index contributed by atoms with van der Waals surface area (Å²) in [5, 5.41) is 13.0. The summed E-state index contributed by atoms with van der Waals surface area (Å²) in [4.78, 5) is 25.3. The van der Waals surface area contributed by atoms with E-state index in [1.165, 1.54) is 4.90 Å². The molecule has 116 valence electrons. The molecule has 2 rings (SSSR count). The molecule has 0 radical (unpaired) electrons. The van der Waals surface area contributed by atoms with Crippen molar-refractivity contribution in [2.75, 3.05) is 20.3 Å². The molecule has 1 saturated heterocycles. The van der Waals surface area contributed by atoms with Crippen molar-refractivity contribution >= 4 is 11.9 Å². The van der Waals surface area contributed by atoms with Gasteiger partial charge in [-0.2, -0.15) is 0 Å². The Hall–Kier alpha value is -1.89. The first-order valence-electron chi connectivity index (χ1n) is 6.88. The van der Waals surface area contributed by atoms with E-state index in [2.05, 4.69) is 5.16 Å². The van der Waals surface area contributed by atoms with Gasteiger partial charge in [-0.3, -0.25) is 9.59 Å². The van der Waals surface area contributed by atoms with Gasteiger partial charge in [0.05, 0.1) is 24.9 Å². The molecule has 1 amide bonds. The number of carbonyl (C=O) groups excluding carboxylic acids is 1. The summed E-state index contributed by atoms with van der Waals surface area (Å²) < 4.78 is 10.4. The Labute approximate surface area is 122 Å². The minimum Gasteiger partial charge on any atom is -0.481 e. The Morgan fingerprint density at radius 1 is 1.38 bits per heavy atom. The van der Waals surface area contributed by atoms with Crippen molar-refractivity contribution in [2.45, 2.75) is 32.7 Å². The zero-order chi connectivity index (χ0) is 15.7. The molecule has 7 heteroatoms. The number of carboxylic acids is 1. The first-order chi connectivity index (χ1) is 9.84. The van der Waals surface area contributed by atoms with Crippen molar-refractivity contribution in [2.24, 2.45) is 5.92 Å². The third-order valence-corrected chi connectivity index (χ3v) is 3.81. The Balaban J connectivity index is 2.28. The zero-order valence-corrected chi connectivity index (χ0v) is 12.6. The van der Waals surface area contributed by atoms with E-state index in [9.17, 15) is 14.7 Å². The van der Waals surface area contributed by atoms with E-state index in [4.69, 9.17) is 9.26 Å². The standard InChI is InChI=1S/C14H20N2O5/c1-7(2)12-11(8(3)15-21-12)13(17)16(4)10-6-20-5-9(10)14(18)19/h7,9-10H,5-6H2,1-4H3,(H,18,19). The number of aliphatic carboxylic acids is 1. The summed E-state index contributed by atoms with van der Waals surface area (Å²) in [6.07, 6.45) is 0. The van der Waals surface area contributed by atoms with Crippen molar-refractivity contribution < 1.29 is 24.0 Å². The van der Waals surface area contributed by atoms with Gasteiger partial charge in [0.2, 0.25) is 0 Å². The molecule has 21 heavy (non-hydrogen) atoms. The lowest BCUT2D eigenvalue weighted by atomic mass is 10.00. The van der Waals surface area contributed by atoms with Crippen molar-refractivity contribution in [3.63, 3.8) is 0 Å². The topological polar surface area (TPSA) is 92.9 Å². The molecule has 0 aliphatic carbocycles. The molecule has 2 heterocycles. The summed E-state index contributed by atoms with van der Waals surface area (Å²) in [6, 6.07) is -0.482. The molecule has 0 aromatic carbocycles. The summed E-state index contributed by atoms with van der Waals surface area (Å²) in [5.41, 5.74) is 0.935. The minimum absolute atomic E-state index is 0.0219. The predicted molar refractivity (Wildman–Crippen MR) is 73.2 cm³/mol. The van der Waals surface area contributed by atoms with Crippen LogP contribution in [0.1, 0.15) is 41.6 Å². The Kier molecular flexibility index (Phi) is 4.32. The maximum absolute atomic E-state index is 12.7. The molecule has 0 saturated carbocycles. The first-order valence-corrected chi connectivity index (χ1v) is 6.88. The average Bonchev–Trinajstić information content (AvgIpc) is 3.03. The van der Waals surface area contributed by atoms with Gasteiger partial charge in [-0.15, -0.1) is 0 Å². The van der Waals surface area contributed by atoms with E-state index < -0.39 is 17.9 Å². The molecule has 7 nitrogen and oxygen atoms in total. The van der Waals surface area contributed by atoms with E-state index in [-0.39, 0.29) is 25.0 Å². The van der Waals surface area contributed by atoms with Gasteiger partial charge in [0.25, 0.3) is 5.91 Å². The molecule has 1 N–H and O–H groups in total. The van der Waals surface area contributed by atoms with Crippen LogP contribution in [0.5, 0.6) is 0 Å². The van der Waals surface area contributed by atoms with Crippen LogP contribution in [0.3, 0.4) is 0 Å². The summed E-state index contributed by atoms with van der Waals surface area (Å²) in [6.45, 7) is 5.87. The third-order valence-electron chi connectivity index (χ3n) is 3.81. The van der Waals surface area contributed by atoms with Crippen LogP contribution < -0.4 is 0 Å². The first kappa shape index (κ1) is 15.5. The number of carboxylic acid groups (broad SMARTS) is 1. The molecule has 0 bridgehead atoms. The number of hydrogen-bond donors (Lipinski definition) is 1. The number of carbonyl (C=O) groups is 2. The van der Waals surface area contributed by atoms with Crippen LogP contribution in [-0.4, -0.2) is 53.3 Å². The van der Waals surface area contributed by atoms with E-state index >= 15 is 0 Å². The molecule has 2 unspecified atom stereocenters. The Morgan fingerprint density at radius 2 is 2.05 bits per heavy atom. The largest absolute Gasteiger partial charge is 0.481 e. The van der Waals surface area contributed by atoms with E-state index in [0.717, 1.165) is 0 Å². The number of aromatic nitrogens is 1. The third kappa shape index (κ3) is 2.78. The maximum Gasteiger partial charge on any atom is 0.311 e. The van der Waals surface area contributed by atoms with Crippen LogP contribution in [0.2, 0.25) is 0 Å². The minimum atomic E-state index is -0.955. The number of aryl methyl sites for hydroxylation is 1. The van der Waals surface area contributed by atoms with E-state index in [1.807, 2.05) is 13.8 Å². The normalized spacial score (nSPS) is 21.8. The molecule has 1 aliphatic rings. The van der Waals surface area contributed by atoms with Crippen LogP contribution in [0.25, 0.3) is 0 Å². The van der Waals surface area contributed by atoms with Crippen LogP contribution in [0.15, 0.2) is 4.52 Å². The maximum atomic E-state index is 12.7. The number of nitrogens with zero attached hydrogens (tertiary/aromatic N) is 2. The number of amides is 1. The van der Waals surface area contributed by atoms with Gasteiger partial charge >= 0.3 is 5.97 Å². The lowest BCUT2D eigenvalue weighted by Gasteiger charge is -2.26. The Bertz CT molecular complexity index is 552. The van der Waals surface area contributed by atoms with Crippen molar-refractivity contribution in [3.8, 4) is 0 Å². The molecule has 2 atom stereocenters. The fourth-order valence-corrected chi connectivity index (χ4v) is 2.53. The molecule has 1 aromatic rings. The fourth-order valence-electron chi connectivity index (χ4n) is 2.53. The SMILES string of the molecule is Cc1noc(C(C)C)c1C(=O)N(C)C1COCC1C(=O)O. The highest BCUT2D eigenvalue weighted by atomic mass is 16.5. The molecule has 1 aliphatic heterocycles. The second kappa shape index (κ2) is 5.85. The monoisotopic (exact) mass is 296 g/mol.